The highest BCUT2D eigenvalue weighted by Gasteiger charge is 2.31. The fourth-order valence-corrected chi connectivity index (χ4v) is 5.23. The normalized spacial score (nSPS) is 29.1. The summed E-state index contributed by atoms with van der Waals surface area (Å²) < 4.78 is 0. The molecule has 1 aromatic carbocycles. The molecule has 1 aromatic rings. The van der Waals surface area contributed by atoms with E-state index < -0.39 is 0 Å². The van der Waals surface area contributed by atoms with Crippen LogP contribution in [0.4, 0.5) is 0 Å². The van der Waals surface area contributed by atoms with Crippen LogP contribution >= 0.6 is 11.8 Å². The molecular weight excluding hydrogens is 262 g/mol. The van der Waals surface area contributed by atoms with Gasteiger partial charge in [0.15, 0.2) is 0 Å². The van der Waals surface area contributed by atoms with Gasteiger partial charge in [0.2, 0.25) is 0 Å². The minimum Gasteiger partial charge on any atom is -0.314 e. The summed E-state index contributed by atoms with van der Waals surface area (Å²) in [5.41, 5.74) is 1.58. The summed E-state index contributed by atoms with van der Waals surface area (Å²) in [7, 11) is 0. The lowest BCUT2D eigenvalue weighted by atomic mass is 9.90. The Labute approximate surface area is 127 Å². The molecule has 0 spiro atoms. The van der Waals surface area contributed by atoms with Gasteiger partial charge in [-0.25, -0.2) is 0 Å². The van der Waals surface area contributed by atoms with E-state index in [9.17, 15) is 0 Å². The van der Waals surface area contributed by atoms with Crippen LogP contribution in [-0.2, 0) is 6.42 Å². The van der Waals surface area contributed by atoms with Crippen molar-refractivity contribution in [3.63, 3.8) is 0 Å². The molecule has 1 N–H and O–H groups in total. The largest absolute Gasteiger partial charge is 0.314 e. The average Bonchev–Trinajstić information content (AvgIpc) is 3.02. The molecule has 0 bridgehead atoms. The van der Waals surface area contributed by atoms with Crippen LogP contribution in [0.1, 0.15) is 45.1 Å². The molecule has 3 unspecified atom stereocenters. The fourth-order valence-electron chi connectivity index (χ4n) is 3.80. The maximum atomic E-state index is 3.65. The molecule has 2 aliphatic rings. The SMILES string of the molecule is CC(C)NCC1CCCC1CC1Cc2ccccc2S1. The molecule has 0 saturated heterocycles. The lowest BCUT2D eigenvalue weighted by molar-refractivity contribution is 0.336. The van der Waals surface area contributed by atoms with Crippen molar-refractivity contribution in [2.24, 2.45) is 11.8 Å². The number of benzene rings is 1. The zero-order valence-electron chi connectivity index (χ0n) is 12.8. The van der Waals surface area contributed by atoms with E-state index in [-0.39, 0.29) is 0 Å². The van der Waals surface area contributed by atoms with Crippen LogP contribution in [-0.4, -0.2) is 17.8 Å². The molecule has 3 atom stereocenters. The molecule has 0 amide bonds. The number of thioether (sulfide) groups is 1. The van der Waals surface area contributed by atoms with Gasteiger partial charge in [-0.2, -0.15) is 0 Å². The van der Waals surface area contributed by atoms with Crippen LogP contribution < -0.4 is 5.32 Å². The van der Waals surface area contributed by atoms with E-state index in [1.807, 2.05) is 0 Å². The first-order valence-corrected chi connectivity index (χ1v) is 9.08. The Morgan fingerprint density at radius 3 is 2.80 bits per heavy atom. The van der Waals surface area contributed by atoms with Gasteiger partial charge in [0.25, 0.3) is 0 Å². The lowest BCUT2D eigenvalue weighted by Gasteiger charge is -2.23. The minimum absolute atomic E-state index is 0.626. The third-order valence-electron chi connectivity index (χ3n) is 4.88. The van der Waals surface area contributed by atoms with Crippen LogP contribution in [0.3, 0.4) is 0 Å². The van der Waals surface area contributed by atoms with Crippen molar-refractivity contribution < 1.29 is 0 Å². The molecule has 110 valence electrons. The molecule has 1 aliphatic carbocycles. The Morgan fingerprint density at radius 2 is 2.00 bits per heavy atom. The monoisotopic (exact) mass is 289 g/mol. The van der Waals surface area contributed by atoms with Crippen molar-refractivity contribution in [3.8, 4) is 0 Å². The third-order valence-corrected chi connectivity index (χ3v) is 6.23. The average molecular weight is 289 g/mol. The summed E-state index contributed by atoms with van der Waals surface area (Å²) in [4.78, 5) is 1.53. The number of hydrogen-bond donors (Lipinski definition) is 1. The molecule has 1 fully saturated rings. The van der Waals surface area contributed by atoms with Crippen LogP contribution in [0.2, 0.25) is 0 Å². The molecule has 0 radical (unpaired) electrons. The number of fused-ring (bicyclic) bond motifs is 1. The summed E-state index contributed by atoms with van der Waals surface area (Å²) in [6.45, 7) is 5.74. The number of nitrogens with one attached hydrogen (secondary N) is 1. The Kier molecular flexibility index (Phi) is 4.72. The Morgan fingerprint density at radius 1 is 1.20 bits per heavy atom. The van der Waals surface area contributed by atoms with Gasteiger partial charge in [-0.05, 0) is 49.3 Å². The van der Waals surface area contributed by atoms with Gasteiger partial charge < -0.3 is 5.32 Å². The summed E-state index contributed by atoms with van der Waals surface area (Å²) in [6, 6.07) is 9.61. The molecule has 2 heteroatoms. The van der Waals surface area contributed by atoms with Gasteiger partial charge in [-0.15, -0.1) is 11.8 Å². The van der Waals surface area contributed by atoms with E-state index >= 15 is 0 Å². The highest BCUT2D eigenvalue weighted by molar-refractivity contribution is 8.00. The van der Waals surface area contributed by atoms with E-state index in [4.69, 9.17) is 0 Å². The van der Waals surface area contributed by atoms with E-state index in [1.54, 1.807) is 5.56 Å². The van der Waals surface area contributed by atoms with Crippen molar-refractivity contribution in [3.05, 3.63) is 29.8 Å². The first kappa shape index (κ1) is 14.5. The van der Waals surface area contributed by atoms with Gasteiger partial charge in [0, 0.05) is 16.2 Å². The van der Waals surface area contributed by atoms with Gasteiger partial charge >= 0.3 is 0 Å². The Bertz CT molecular complexity index is 418. The standard InChI is InChI=1S/C18H27NS/c1-13(2)19-12-16-8-5-7-14(16)10-17-11-15-6-3-4-9-18(15)20-17/h3-4,6,9,13-14,16-17,19H,5,7-8,10-12H2,1-2H3. The van der Waals surface area contributed by atoms with Crippen molar-refractivity contribution in [1.82, 2.24) is 5.32 Å². The first-order chi connectivity index (χ1) is 9.72. The second-order valence-electron chi connectivity index (χ2n) is 6.80. The maximum absolute atomic E-state index is 3.65. The van der Waals surface area contributed by atoms with Crippen molar-refractivity contribution in [2.45, 2.75) is 62.1 Å². The van der Waals surface area contributed by atoms with Crippen molar-refractivity contribution in [2.75, 3.05) is 6.54 Å². The van der Waals surface area contributed by atoms with Crippen LogP contribution in [0.15, 0.2) is 29.2 Å². The Hall–Kier alpha value is -0.470. The summed E-state index contributed by atoms with van der Waals surface area (Å²) in [5.74, 6) is 1.87. The third kappa shape index (κ3) is 3.40. The maximum Gasteiger partial charge on any atom is 0.0138 e. The van der Waals surface area contributed by atoms with Crippen molar-refractivity contribution >= 4 is 11.8 Å². The lowest BCUT2D eigenvalue weighted by Crippen LogP contribution is -2.31. The summed E-state index contributed by atoms with van der Waals surface area (Å²) in [5, 5.41) is 4.48. The van der Waals surface area contributed by atoms with Gasteiger partial charge in [-0.1, -0.05) is 44.9 Å². The highest BCUT2D eigenvalue weighted by atomic mass is 32.2. The van der Waals surface area contributed by atoms with Crippen molar-refractivity contribution in [1.29, 1.82) is 0 Å². The molecule has 20 heavy (non-hydrogen) atoms. The van der Waals surface area contributed by atoms with E-state index in [0.29, 0.717) is 6.04 Å². The second kappa shape index (κ2) is 6.53. The topological polar surface area (TPSA) is 12.0 Å². The summed E-state index contributed by atoms with van der Waals surface area (Å²) >= 11 is 2.13. The fraction of sp³-hybridized carbons (Fsp3) is 0.667. The molecule has 1 nitrogen and oxygen atoms in total. The first-order valence-electron chi connectivity index (χ1n) is 8.20. The van der Waals surface area contributed by atoms with E-state index in [1.165, 1.54) is 43.5 Å². The second-order valence-corrected chi connectivity index (χ2v) is 8.14. The van der Waals surface area contributed by atoms with Crippen LogP contribution in [0.25, 0.3) is 0 Å². The van der Waals surface area contributed by atoms with Crippen LogP contribution in [0, 0.1) is 11.8 Å². The molecular formula is C18H27NS. The zero-order valence-corrected chi connectivity index (χ0v) is 13.6. The predicted molar refractivity (Wildman–Crippen MR) is 88.4 cm³/mol. The summed E-state index contributed by atoms with van der Waals surface area (Å²) in [6.07, 6.45) is 7.05. The molecule has 1 heterocycles. The Balaban J connectivity index is 1.53. The van der Waals surface area contributed by atoms with E-state index in [0.717, 1.165) is 17.1 Å². The molecule has 1 saturated carbocycles. The van der Waals surface area contributed by atoms with Gasteiger partial charge in [-0.3, -0.25) is 0 Å². The van der Waals surface area contributed by atoms with E-state index in [2.05, 4.69) is 55.2 Å². The smallest absolute Gasteiger partial charge is 0.0138 e. The highest BCUT2D eigenvalue weighted by Crippen LogP contribution is 2.43. The van der Waals surface area contributed by atoms with Gasteiger partial charge in [0.05, 0.1) is 0 Å². The van der Waals surface area contributed by atoms with Crippen LogP contribution in [0.5, 0.6) is 0 Å². The zero-order chi connectivity index (χ0) is 13.9. The number of hydrogen-bond acceptors (Lipinski definition) is 2. The minimum atomic E-state index is 0.626. The quantitative estimate of drug-likeness (QED) is 0.856. The molecule has 3 rings (SSSR count). The molecule has 0 aromatic heterocycles. The van der Waals surface area contributed by atoms with Gasteiger partial charge in [0.1, 0.15) is 0 Å². The predicted octanol–water partition coefficient (Wildman–Crippen LogP) is 4.51. The molecule has 1 aliphatic heterocycles. The number of rotatable bonds is 5.